The summed E-state index contributed by atoms with van der Waals surface area (Å²) in [6.07, 6.45) is 0.966. The molecule has 2 aromatic rings. The maximum Gasteiger partial charge on any atom is 0.258 e. The number of aliphatic imine (C=N–C) groups is 1. The van der Waals surface area contributed by atoms with Crippen molar-refractivity contribution in [2.24, 2.45) is 16.5 Å². The predicted molar refractivity (Wildman–Crippen MR) is 122 cm³/mol. The van der Waals surface area contributed by atoms with Crippen LogP contribution in [0.4, 0.5) is 10.2 Å². The molecule has 2 atom stereocenters. The minimum Gasteiger partial charge on any atom is -0.351 e. The van der Waals surface area contributed by atoms with E-state index in [1.54, 1.807) is 12.1 Å². The molecule has 10 heteroatoms. The smallest absolute Gasteiger partial charge is 0.258 e. The van der Waals surface area contributed by atoms with Crippen LogP contribution >= 0.6 is 0 Å². The second-order valence-corrected chi connectivity index (χ2v) is 8.38. The molecule has 0 spiro atoms. The Hall–Kier alpha value is -3.37. The number of halogens is 1. The highest BCUT2D eigenvalue weighted by molar-refractivity contribution is 6.06. The predicted octanol–water partition coefficient (Wildman–Crippen LogP) is 2.03. The van der Waals surface area contributed by atoms with Gasteiger partial charge in [0.1, 0.15) is 17.8 Å². The zero-order valence-corrected chi connectivity index (χ0v) is 18.6. The number of benzene rings is 1. The monoisotopic (exact) mass is 443 g/mol. The van der Waals surface area contributed by atoms with Crippen molar-refractivity contribution in [3.63, 3.8) is 0 Å². The average molecular weight is 444 g/mol. The van der Waals surface area contributed by atoms with Gasteiger partial charge < -0.3 is 22.1 Å². The first kappa shape index (κ1) is 24.9. The van der Waals surface area contributed by atoms with Crippen LogP contribution in [0.25, 0.3) is 0 Å². The van der Waals surface area contributed by atoms with E-state index in [9.17, 15) is 14.0 Å². The summed E-state index contributed by atoms with van der Waals surface area (Å²) in [4.78, 5) is 32.4. The number of anilines is 1. The number of amides is 2. The third-order valence-corrected chi connectivity index (χ3v) is 4.14. The number of carbonyl (C=O) groups excluding carboxylic acids is 2. The van der Waals surface area contributed by atoms with Crippen LogP contribution in [0, 0.1) is 5.82 Å². The highest BCUT2D eigenvalue weighted by Gasteiger charge is 2.18. The molecule has 2 unspecified atom stereocenters. The van der Waals surface area contributed by atoms with E-state index in [-0.39, 0.29) is 35.5 Å². The fourth-order valence-corrected chi connectivity index (χ4v) is 2.78. The second kappa shape index (κ2) is 10.8. The van der Waals surface area contributed by atoms with Gasteiger partial charge in [-0.15, -0.1) is 0 Å². The van der Waals surface area contributed by atoms with Crippen molar-refractivity contribution < 1.29 is 14.0 Å². The van der Waals surface area contributed by atoms with E-state index in [4.69, 9.17) is 11.5 Å². The molecule has 0 radical (unpaired) electrons. The lowest BCUT2D eigenvalue weighted by molar-refractivity contribution is -0.114. The topological polar surface area (TPSA) is 148 Å². The Morgan fingerprint density at radius 3 is 2.41 bits per heavy atom. The molecule has 2 amide bonds. The highest BCUT2D eigenvalue weighted by atomic mass is 19.1. The molecule has 0 saturated heterocycles. The van der Waals surface area contributed by atoms with Gasteiger partial charge in [0.15, 0.2) is 5.96 Å². The van der Waals surface area contributed by atoms with Crippen molar-refractivity contribution in [1.29, 1.82) is 0 Å². The number of rotatable bonds is 6. The molecule has 1 aromatic carbocycles. The number of hydrogen-bond acceptors (Lipinski definition) is 6. The number of pyridine rings is 1. The third-order valence-electron chi connectivity index (χ3n) is 4.14. The van der Waals surface area contributed by atoms with E-state index >= 15 is 0 Å². The quantitative estimate of drug-likeness (QED) is 0.341. The number of nitrogens with zero attached hydrogens (tertiary/aromatic N) is 2. The van der Waals surface area contributed by atoms with Gasteiger partial charge >= 0.3 is 0 Å². The number of nitrogens with one attached hydrogen (secondary N) is 3. The minimum atomic E-state index is -0.729. The van der Waals surface area contributed by atoms with Gasteiger partial charge in [0, 0.05) is 36.7 Å². The number of guanidine groups is 1. The molecule has 32 heavy (non-hydrogen) atoms. The molecule has 0 bridgehead atoms. The second-order valence-electron chi connectivity index (χ2n) is 8.38. The summed E-state index contributed by atoms with van der Waals surface area (Å²) in [5.41, 5.74) is 12.9. The van der Waals surface area contributed by atoms with Crippen molar-refractivity contribution in [2.75, 3.05) is 5.32 Å². The van der Waals surface area contributed by atoms with Crippen LogP contribution in [0.3, 0.4) is 0 Å². The Morgan fingerprint density at radius 1 is 1.16 bits per heavy atom. The molecule has 0 aliphatic carbocycles. The molecule has 7 N–H and O–H groups in total. The molecule has 1 aromatic heterocycles. The number of hydrogen-bond donors (Lipinski definition) is 5. The number of aromatic nitrogens is 1. The summed E-state index contributed by atoms with van der Waals surface area (Å²) >= 11 is 0. The molecule has 0 saturated carbocycles. The minimum absolute atomic E-state index is 0.180. The van der Waals surface area contributed by atoms with Crippen LogP contribution < -0.4 is 27.4 Å². The highest BCUT2D eigenvalue weighted by Crippen LogP contribution is 2.16. The van der Waals surface area contributed by atoms with Crippen LogP contribution in [0.15, 0.2) is 47.6 Å². The van der Waals surface area contributed by atoms with Gasteiger partial charge in [-0.1, -0.05) is 12.1 Å². The first-order valence-electron chi connectivity index (χ1n) is 10.1. The van der Waals surface area contributed by atoms with Gasteiger partial charge in [0.2, 0.25) is 5.91 Å². The molecule has 0 aliphatic heterocycles. The Kier molecular flexibility index (Phi) is 8.39. The first-order valence-corrected chi connectivity index (χ1v) is 10.1. The maximum absolute atomic E-state index is 13.1. The van der Waals surface area contributed by atoms with E-state index in [0.717, 1.165) is 5.56 Å². The molecule has 9 nitrogen and oxygen atoms in total. The number of carbonyl (C=O) groups is 2. The van der Waals surface area contributed by atoms with E-state index in [1.165, 1.54) is 37.4 Å². The van der Waals surface area contributed by atoms with Crippen LogP contribution in [0.2, 0.25) is 0 Å². The van der Waals surface area contributed by atoms with Crippen molar-refractivity contribution >= 4 is 23.6 Å². The zero-order chi connectivity index (χ0) is 23.9. The molecule has 1 heterocycles. The van der Waals surface area contributed by atoms with Crippen molar-refractivity contribution in [1.82, 2.24) is 15.6 Å². The van der Waals surface area contributed by atoms with Gasteiger partial charge in [-0.05, 0) is 50.6 Å². The van der Waals surface area contributed by atoms with Crippen LogP contribution in [-0.2, 0) is 4.79 Å². The average Bonchev–Trinajstić information content (AvgIpc) is 2.66. The first-order chi connectivity index (χ1) is 14.9. The van der Waals surface area contributed by atoms with E-state index in [1.807, 2.05) is 20.8 Å². The summed E-state index contributed by atoms with van der Waals surface area (Å²) < 4.78 is 13.1. The molecule has 0 aliphatic rings. The lowest BCUT2D eigenvalue weighted by Crippen LogP contribution is -2.50. The summed E-state index contributed by atoms with van der Waals surface area (Å²) in [5, 5.41) is 8.36. The summed E-state index contributed by atoms with van der Waals surface area (Å²) in [5.74, 6) is -0.659. The maximum atomic E-state index is 13.1. The van der Waals surface area contributed by atoms with Crippen molar-refractivity contribution in [2.45, 2.75) is 51.9 Å². The van der Waals surface area contributed by atoms with Gasteiger partial charge in [-0.3, -0.25) is 14.9 Å². The van der Waals surface area contributed by atoms with Gasteiger partial charge in [0.25, 0.3) is 5.91 Å². The zero-order valence-electron chi connectivity index (χ0n) is 18.6. The van der Waals surface area contributed by atoms with Crippen molar-refractivity contribution in [3.8, 4) is 0 Å². The van der Waals surface area contributed by atoms with Crippen LogP contribution in [-0.4, -0.2) is 34.5 Å². The fourth-order valence-electron chi connectivity index (χ4n) is 2.78. The van der Waals surface area contributed by atoms with E-state index in [0.29, 0.717) is 0 Å². The van der Waals surface area contributed by atoms with Crippen LogP contribution in [0.5, 0.6) is 0 Å². The summed E-state index contributed by atoms with van der Waals surface area (Å²) in [6.45, 7) is 7.08. The summed E-state index contributed by atoms with van der Waals surface area (Å²) in [6, 6.07) is 8.38. The Morgan fingerprint density at radius 2 is 1.81 bits per heavy atom. The fraction of sp³-hybridized carbons (Fsp3) is 0.364. The molecular weight excluding hydrogens is 413 g/mol. The van der Waals surface area contributed by atoms with E-state index in [2.05, 4.69) is 25.9 Å². The number of nitrogens with two attached hydrogens (primary N) is 2. The lowest BCUT2D eigenvalue weighted by atomic mass is 10.0. The molecular formula is C22H30FN7O2. The lowest BCUT2D eigenvalue weighted by Gasteiger charge is -2.25. The molecule has 172 valence electrons. The Bertz CT molecular complexity index is 971. The normalized spacial score (nSPS) is 13.8. The van der Waals surface area contributed by atoms with Gasteiger partial charge in [-0.2, -0.15) is 0 Å². The Balaban J connectivity index is 2.16. The SMILES string of the molecule is CC(=O)Nc1cc(C(=O)NC(=NC(N)CC(N)c2ccc(F)cc2)NC(C)(C)C)ccn1. The molecule has 2 rings (SSSR count). The summed E-state index contributed by atoms with van der Waals surface area (Å²) in [7, 11) is 0. The van der Waals surface area contributed by atoms with E-state index < -0.39 is 23.7 Å². The largest absolute Gasteiger partial charge is 0.351 e. The molecule has 0 fully saturated rings. The van der Waals surface area contributed by atoms with Crippen LogP contribution in [0.1, 0.15) is 56.1 Å². The van der Waals surface area contributed by atoms with Crippen molar-refractivity contribution in [3.05, 3.63) is 59.5 Å². The standard InChI is InChI=1S/C22H30FN7O2/c1-13(31)27-19-11-15(9-10-26-19)20(32)29-21(30-22(2,3)4)28-18(25)12-17(24)14-5-7-16(23)8-6-14/h5-11,17-18H,12,24-25H2,1-4H3,(H,26,27,31)(H2,28,29,30,32). The van der Waals surface area contributed by atoms with Gasteiger partial charge in [0.05, 0.1) is 0 Å². The third kappa shape index (κ3) is 8.40. The Labute approximate surface area is 186 Å². The van der Waals surface area contributed by atoms with Gasteiger partial charge in [-0.25, -0.2) is 14.4 Å².